The van der Waals surface area contributed by atoms with Gasteiger partial charge in [-0.25, -0.2) is 4.98 Å². The molecule has 0 amide bonds. The molecule has 1 atom stereocenters. The van der Waals surface area contributed by atoms with Crippen molar-refractivity contribution in [1.29, 1.82) is 0 Å². The van der Waals surface area contributed by atoms with Crippen molar-refractivity contribution in [2.24, 2.45) is 0 Å². The summed E-state index contributed by atoms with van der Waals surface area (Å²) in [4.78, 5) is 4.47. The van der Waals surface area contributed by atoms with Crippen molar-refractivity contribution < 1.29 is 0 Å². The number of thiophene rings is 1. The number of nitrogens with zero attached hydrogens (tertiary/aromatic N) is 2. The van der Waals surface area contributed by atoms with Gasteiger partial charge < -0.3 is 9.88 Å². The molecule has 2 rings (SSSR count). The molecule has 3 nitrogen and oxygen atoms in total. The summed E-state index contributed by atoms with van der Waals surface area (Å²) < 4.78 is 2.22. The second-order valence-corrected chi connectivity index (χ2v) is 5.18. The molecule has 2 aromatic rings. The van der Waals surface area contributed by atoms with Crippen molar-refractivity contribution in [3.8, 4) is 0 Å². The molecular formula is C14H21N3S. The Morgan fingerprint density at radius 3 is 3.00 bits per heavy atom. The molecule has 0 fully saturated rings. The van der Waals surface area contributed by atoms with E-state index in [4.69, 9.17) is 0 Å². The Hall–Kier alpha value is -1.13. The summed E-state index contributed by atoms with van der Waals surface area (Å²) in [6, 6.07) is 2.58. The molecular weight excluding hydrogens is 242 g/mol. The maximum atomic E-state index is 4.47. The topological polar surface area (TPSA) is 29.9 Å². The van der Waals surface area contributed by atoms with Crippen molar-refractivity contribution in [2.45, 2.75) is 39.3 Å². The van der Waals surface area contributed by atoms with Crippen LogP contribution < -0.4 is 5.32 Å². The lowest BCUT2D eigenvalue weighted by Crippen LogP contribution is -2.25. The van der Waals surface area contributed by atoms with Crippen LogP contribution in [0.1, 0.15) is 37.7 Å². The fraction of sp³-hybridized carbons (Fsp3) is 0.500. The van der Waals surface area contributed by atoms with Gasteiger partial charge in [-0.2, -0.15) is 11.3 Å². The molecule has 0 radical (unpaired) electrons. The molecule has 0 saturated carbocycles. The zero-order valence-electron chi connectivity index (χ0n) is 11.1. The molecule has 4 heteroatoms. The minimum absolute atomic E-state index is 0.379. The first-order valence-corrected chi connectivity index (χ1v) is 7.54. The van der Waals surface area contributed by atoms with Crippen molar-refractivity contribution in [2.75, 3.05) is 6.54 Å². The van der Waals surface area contributed by atoms with E-state index in [0.29, 0.717) is 6.04 Å². The number of hydrogen-bond acceptors (Lipinski definition) is 3. The summed E-state index contributed by atoms with van der Waals surface area (Å²) in [5.41, 5.74) is 1.37. The van der Waals surface area contributed by atoms with Crippen molar-refractivity contribution in [3.63, 3.8) is 0 Å². The SMILES string of the molecule is CCCNC(Cc1nccn1CC)c1ccsc1. The number of aromatic nitrogens is 2. The third-order valence-electron chi connectivity index (χ3n) is 3.12. The summed E-state index contributed by atoms with van der Waals surface area (Å²) >= 11 is 1.76. The summed E-state index contributed by atoms with van der Waals surface area (Å²) in [5, 5.41) is 7.98. The van der Waals surface area contributed by atoms with E-state index in [1.165, 1.54) is 5.56 Å². The number of nitrogens with one attached hydrogen (secondary N) is 1. The summed E-state index contributed by atoms with van der Waals surface area (Å²) in [5.74, 6) is 1.16. The zero-order valence-corrected chi connectivity index (χ0v) is 11.9. The van der Waals surface area contributed by atoms with Crippen LogP contribution in [0.3, 0.4) is 0 Å². The van der Waals surface area contributed by atoms with Crippen LogP contribution >= 0.6 is 11.3 Å². The van der Waals surface area contributed by atoms with E-state index in [0.717, 1.165) is 31.8 Å². The second kappa shape index (κ2) is 6.71. The van der Waals surface area contributed by atoms with E-state index in [1.807, 2.05) is 6.20 Å². The van der Waals surface area contributed by atoms with E-state index in [9.17, 15) is 0 Å². The van der Waals surface area contributed by atoms with Crippen LogP contribution in [0, 0.1) is 0 Å². The Labute approximate surface area is 113 Å². The van der Waals surface area contributed by atoms with Gasteiger partial charge in [0.2, 0.25) is 0 Å². The van der Waals surface area contributed by atoms with Gasteiger partial charge in [0.05, 0.1) is 0 Å². The minimum Gasteiger partial charge on any atom is -0.335 e. The fourth-order valence-electron chi connectivity index (χ4n) is 2.10. The lowest BCUT2D eigenvalue weighted by atomic mass is 10.1. The Kier molecular flexibility index (Phi) is 4.96. The maximum absolute atomic E-state index is 4.47. The van der Waals surface area contributed by atoms with Gasteiger partial charge in [-0.05, 0) is 42.3 Å². The van der Waals surface area contributed by atoms with E-state index < -0.39 is 0 Å². The van der Waals surface area contributed by atoms with Crippen molar-refractivity contribution in [3.05, 3.63) is 40.6 Å². The molecule has 2 heterocycles. The molecule has 0 saturated heterocycles. The predicted octanol–water partition coefficient (Wildman–Crippen LogP) is 3.25. The molecule has 0 aromatic carbocycles. The van der Waals surface area contributed by atoms with Gasteiger partial charge in [-0.3, -0.25) is 0 Å². The quantitative estimate of drug-likeness (QED) is 0.831. The lowest BCUT2D eigenvalue weighted by Gasteiger charge is -2.17. The highest BCUT2D eigenvalue weighted by Crippen LogP contribution is 2.20. The maximum Gasteiger partial charge on any atom is 0.110 e. The van der Waals surface area contributed by atoms with Crippen LogP contribution in [0.2, 0.25) is 0 Å². The molecule has 18 heavy (non-hydrogen) atoms. The summed E-state index contributed by atoms with van der Waals surface area (Å²) in [6.07, 6.45) is 6.06. The van der Waals surface area contributed by atoms with Crippen LogP contribution in [0.25, 0.3) is 0 Å². The molecule has 1 N–H and O–H groups in total. The summed E-state index contributed by atoms with van der Waals surface area (Å²) in [6.45, 7) is 6.39. The van der Waals surface area contributed by atoms with Crippen molar-refractivity contribution >= 4 is 11.3 Å². The lowest BCUT2D eigenvalue weighted by molar-refractivity contribution is 0.507. The number of aryl methyl sites for hydroxylation is 1. The van der Waals surface area contributed by atoms with Crippen LogP contribution in [0.15, 0.2) is 29.2 Å². The standard InChI is InChI=1S/C14H21N3S/c1-3-6-15-13(12-5-9-18-11-12)10-14-16-7-8-17(14)4-2/h5,7-9,11,13,15H,3-4,6,10H2,1-2H3. The minimum atomic E-state index is 0.379. The largest absolute Gasteiger partial charge is 0.335 e. The highest BCUT2D eigenvalue weighted by molar-refractivity contribution is 7.07. The molecule has 0 spiro atoms. The van der Waals surface area contributed by atoms with Crippen LogP contribution in [-0.2, 0) is 13.0 Å². The molecule has 0 aliphatic rings. The van der Waals surface area contributed by atoms with Gasteiger partial charge in [-0.15, -0.1) is 0 Å². The molecule has 1 unspecified atom stereocenters. The Bertz CT molecular complexity index is 447. The Balaban J connectivity index is 2.10. The van der Waals surface area contributed by atoms with Gasteiger partial charge >= 0.3 is 0 Å². The van der Waals surface area contributed by atoms with Gasteiger partial charge in [0, 0.05) is 31.4 Å². The smallest absolute Gasteiger partial charge is 0.110 e. The van der Waals surface area contributed by atoms with Gasteiger partial charge in [0.1, 0.15) is 5.82 Å². The van der Waals surface area contributed by atoms with Crippen LogP contribution in [-0.4, -0.2) is 16.1 Å². The highest BCUT2D eigenvalue weighted by Gasteiger charge is 2.14. The average molecular weight is 263 g/mol. The monoisotopic (exact) mass is 263 g/mol. The number of imidazole rings is 1. The van der Waals surface area contributed by atoms with Gasteiger partial charge in [0.15, 0.2) is 0 Å². The van der Waals surface area contributed by atoms with Crippen LogP contribution in [0.4, 0.5) is 0 Å². The third kappa shape index (κ3) is 3.21. The number of hydrogen-bond donors (Lipinski definition) is 1. The molecule has 2 aromatic heterocycles. The number of rotatable bonds is 7. The van der Waals surface area contributed by atoms with Gasteiger partial charge in [0.25, 0.3) is 0 Å². The highest BCUT2D eigenvalue weighted by atomic mass is 32.1. The van der Waals surface area contributed by atoms with E-state index in [-0.39, 0.29) is 0 Å². The van der Waals surface area contributed by atoms with E-state index in [1.54, 1.807) is 11.3 Å². The Morgan fingerprint density at radius 1 is 1.44 bits per heavy atom. The second-order valence-electron chi connectivity index (χ2n) is 4.40. The molecule has 0 bridgehead atoms. The normalized spacial score (nSPS) is 12.8. The molecule has 0 aliphatic carbocycles. The Morgan fingerprint density at radius 2 is 2.33 bits per heavy atom. The van der Waals surface area contributed by atoms with E-state index >= 15 is 0 Å². The summed E-state index contributed by atoms with van der Waals surface area (Å²) in [7, 11) is 0. The molecule has 98 valence electrons. The third-order valence-corrected chi connectivity index (χ3v) is 3.82. The first-order valence-electron chi connectivity index (χ1n) is 6.60. The fourth-order valence-corrected chi connectivity index (χ4v) is 2.81. The van der Waals surface area contributed by atoms with Gasteiger partial charge in [-0.1, -0.05) is 6.92 Å². The predicted molar refractivity (Wildman–Crippen MR) is 77.0 cm³/mol. The average Bonchev–Trinajstić information content (AvgIpc) is 3.04. The first kappa shape index (κ1) is 13.3. The van der Waals surface area contributed by atoms with Crippen LogP contribution in [0.5, 0.6) is 0 Å². The van der Waals surface area contributed by atoms with E-state index in [2.05, 4.69) is 51.7 Å². The van der Waals surface area contributed by atoms with Crippen molar-refractivity contribution in [1.82, 2.24) is 14.9 Å². The first-order chi connectivity index (χ1) is 8.85. The molecule has 0 aliphatic heterocycles. The zero-order chi connectivity index (χ0) is 12.8.